The van der Waals surface area contributed by atoms with E-state index in [2.05, 4.69) is 139 Å². The average molecular weight is 508 g/mol. The normalized spacial score (nSPS) is 14.6. The lowest BCUT2D eigenvalue weighted by Crippen LogP contribution is -2.26. The van der Waals surface area contributed by atoms with E-state index in [0.717, 1.165) is 22.6 Å². The Morgan fingerprint density at radius 3 is 1.92 bits per heavy atom. The Kier molecular flexibility index (Phi) is 4.50. The summed E-state index contributed by atoms with van der Waals surface area (Å²) >= 11 is 1.83. The van der Waals surface area contributed by atoms with Gasteiger partial charge in [-0.1, -0.05) is 80.2 Å². The summed E-state index contributed by atoms with van der Waals surface area (Å²) in [6.07, 6.45) is 0. The maximum absolute atomic E-state index is 5.18. The Balaban J connectivity index is 1.30. The lowest BCUT2D eigenvalue weighted by molar-refractivity contribution is 0.629. The first-order valence-electron chi connectivity index (χ1n) is 13.0. The molecule has 8 rings (SSSR count). The Labute approximate surface area is 226 Å². The number of hydrogen-bond acceptors (Lipinski definition) is 3. The minimum atomic E-state index is -0.0830. The van der Waals surface area contributed by atoms with Crippen molar-refractivity contribution >= 4 is 39.9 Å². The lowest BCUT2D eigenvalue weighted by atomic mass is 9.75. The zero-order chi connectivity index (χ0) is 25.4. The van der Waals surface area contributed by atoms with Crippen LogP contribution >= 0.6 is 11.8 Å². The number of benzene rings is 5. The van der Waals surface area contributed by atoms with Gasteiger partial charge in [0.1, 0.15) is 5.82 Å². The molecule has 4 heteroatoms. The highest BCUT2D eigenvalue weighted by atomic mass is 32.2. The molecule has 0 atom stereocenters. The predicted molar refractivity (Wildman–Crippen MR) is 157 cm³/mol. The number of imidazole rings is 1. The molecule has 0 saturated carbocycles. The lowest BCUT2D eigenvalue weighted by Gasteiger charge is -2.34. The molecule has 0 aliphatic carbocycles. The van der Waals surface area contributed by atoms with Crippen LogP contribution in [0.15, 0.2) is 125 Å². The summed E-state index contributed by atoms with van der Waals surface area (Å²) in [5.74, 6) is 0.983. The van der Waals surface area contributed by atoms with Crippen LogP contribution < -0.4 is 4.90 Å². The zero-order valence-corrected chi connectivity index (χ0v) is 22.0. The van der Waals surface area contributed by atoms with Crippen LogP contribution in [0.1, 0.15) is 25.0 Å². The van der Waals surface area contributed by atoms with Crippen LogP contribution in [0.4, 0.5) is 17.1 Å². The van der Waals surface area contributed by atoms with Crippen LogP contribution in [0.3, 0.4) is 0 Å². The van der Waals surface area contributed by atoms with E-state index >= 15 is 0 Å². The van der Waals surface area contributed by atoms with E-state index in [4.69, 9.17) is 4.98 Å². The van der Waals surface area contributed by atoms with Gasteiger partial charge in [-0.3, -0.25) is 4.57 Å². The van der Waals surface area contributed by atoms with E-state index in [1.165, 1.54) is 43.5 Å². The molecule has 0 unspecified atom stereocenters. The highest BCUT2D eigenvalue weighted by molar-refractivity contribution is 7.99. The predicted octanol–water partition coefficient (Wildman–Crippen LogP) is 9.27. The molecule has 6 aromatic rings. The quantitative estimate of drug-likeness (QED) is 0.233. The summed E-state index contributed by atoms with van der Waals surface area (Å²) in [5, 5.41) is 0. The monoisotopic (exact) mass is 507 g/mol. The van der Waals surface area contributed by atoms with Crippen LogP contribution in [0.25, 0.3) is 28.1 Å². The third kappa shape index (κ3) is 2.95. The molecule has 0 saturated heterocycles. The molecule has 0 spiro atoms. The maximum atomic E-state index is 5.18. The van der Waals surface area contributed by atoms with Gasteiger partial charge in [0.2, 0.25) is 0 Å². The van der Waals surface area contributed by atoms with Crippen molar-refractivity contribution < 1.29 is 0 Å². The van der Waals surface area contributed by atoms with Gasteiger partial charge in [0.05, 0.1) is 28.1 Å². The Hall–Kier alpha value is -4.28. The second kappa shape index (κ2) is 7.86. The van der Waals surface area contributed by atoms with Crippen LogP contribution in [0.5, 0.6) is 0 Å². The van der Waals surface area contributed by atoms with Crippen LogP contribution in [0, 0.1) is 0 Å². The van der Waals surface area contributed by atoms with Crippen LogP contribution in [-0.4, -0.2) is 9.55 Å². The molecule has 3 nitrogen and oxygen atoms in total. The van der Waals surface area contributed by atoms with Crippen molar-refractivity contribution in [3.8, 4) is 17.1 Å². The molecule has 0 bridgehead atoms. The van der Waals surface area contributed by atoms with Gasteiger partial charge in [0, 0.05) is 26.5 Å². The Morgan fingerprint density at radius 1 is 0.605 bits per heavy atom. The van der Waals surface area contributed by atoms with E-state index < -0.39 is 0 Å². The molecule has 38 heavy (non-hydrogen) atoms. The number of hydrogen-bond donors (Lipinski definition) is 0. The highest BCUT2D eigenvalue weighted by Crippen LogP contribution is 2.51. The summed E-state index contributed by atoms with van der Waals surface area (Å²) in [5.41, 5.74) is 10.7. The van der Waals surface area contributed by atoms with E-state index in [1.54, 1.807) is 0 Å². The van der Waals surface area contributed by atoms with E-state index in [-0.39, 0.29) is 5.41 Å². The van der Waals surface area contributed by atoms with Gasteiger partial charge in [0.15, 0.2) is 0 Å². The molecule has 3 heterocycles. The van der Waals surface area contributed by atoms with Gasteiger partial charge in [-0.2, -0.15) is 0 Å². The van der Waals surface area contributed by atoms with Gasteiger partial charge >= 0.3 is 0 Å². The minimum absolute atomic E-state index is 0.0830. The Morgan fingerprint density at radius 2 is 1.21 bits per heavy atom. The summed E-state index contributed by atoms with van der Waals surface area (Å²) < 4.78 is 2.36. The summed E-state index contributed by atoms with van der Waals surface area (Å²) in [6.45, 7) is 4.64. The SMILES string of the molecule is CC1(C)c2ccccc2-n2c(-c3ccc(N4c5ccccc5Sc5ccccc54)cc3)nc3cccc1c32. The molecule has 0 N–H and O–H groups in total. The minimum Gasteiger partial charge on any atom is -0.308 e. The van der Waals surface area contributed by atoms with Gasteiger partial charge in [0.25, 0.3) is 0 Å². The molecule has 5 aromatic carbocycles. The maximum Gasteiger partial charge on any atom is 0.145 e. The largest absolute Gasteiger partial charge is 0.308 e. The number of rotatable bonds is 2. The molecular formula is C34H25N3S. The molecule has 0 amide bonds. The zero-order valence-electron chi connectivity index (χ0n) is 21.2. The third-order valence-electron chi connectivity index (χ3n) is 7.98. The first-order valence-corrected chi connectivity index (χ1v) is 13.8. The molecule has 0 fully saturated rings. The van der Waals surface area contributed by atoms with Crippen LogP contribution in [0.2, 0.25) is 0 Å². The number of para-hydroxylation sites is 4. The molecular weight excluding hydrogens is 482 g/mol. The fourth-order valence-electron chi connectivity index (χ4n) is 6.14. The second-order valence-corrected chi connectivity index (χ2v) is 11.6. The summed E-state index contributed by atoms with van der Waals surface area (Å²) in [6, 6.07) is 41.5. The van der Waals surface area contributed by atoms with Crippen molar-refractivity contribution in [3.05, 3.63) is 126 Å². The summed E-state index contributed by atoms with van der Waals surface area (Å²) in [4.78, 5) is 10.1. The fourth-order valence-corrected chi connectivity index (χ4v) is 7.20. The van der Waals surface area contributed by atoms with Crippen molar-refractivity contribution in [2.24, 2.45) is 0 Å². The van der Waals surface area contributed by atoms with Gasteiger partial charge in [-0.15, -0.1) is 0 Å². The Bertz CT molecular complexity index is 1840. The first-order chi connectivity index (χ1) is 18.6. The highest BCUT2D eigenvalue weighted by Gasteiger charge is 2.35. The number of anilines is 3. The molecule has 2 aliphatic heterocycles. The molecule has 1 aromatic heterocycles. The van der Waals surface area contributed by atoms with Crippen molar-refractivity contribution in [2.45, 2.75) is 29.1 Å². The number of aromatic nitrogens is 2. The first kappa shape index (κ1) is 21.8. The van der Waals surface area contributed by atoms with Crippen molar-refractivity contribution in [3.63, 3.8) is 0 Å². The molecule has 182 valence electrons. The van der Waals surface area contributed by atoms with E-state index in [0.29, 0.717) is 0 Å². The summed E-state index contributed by atoms with van der Waals surface area (Å²) in [7, 11) is 0. The van der Waals surface area contributed by atoms with Gasteiger partial charge in [-0.25, -0.2) is 4.98 Å². The van der Waals surface area contributed by atoms with E-state index in [9.17, 15) is 0 Å². The standard InChI is InChI=1S/C34H25N3S/c1-34(2)24-10-3-4-13-27(24)37-32-25(34)11-9-12-26(32)35-33(37)22-18-20-23(21-19-22)36-28-14-5-7-16-30(28)38-31-17-8-6-15-29(31)36/h3-21H,1-2H3. The van der Waals surface area contributed by atoms with Crippen molar-refractivity contribution in [2.75, 3.05) is 4.90 Å². The van der Waals surface area contributed by atoms with Gasteiger partial charge < -0.3 is 4.90 Å². The topological polar surface area (TPSA) is 21.1 Å². The average Bonchev–Trinajstić information content (AvgIpc) is 3.35. The fraction of sp³-hybridized carbons (Fsp3) is 0.0882. The van der Waals surface area contributed by atoms with Crippen molar-refractivity contribution in [1.82, 2.24) is 9.55 Å². The molecule has 0 radical (unpaired) electrons. The van der Waals surface area contributed by atoms with Gasteiger partial charge in [-0.05, 0) is 71.8 Å². The number of nitrogens with zero attached hydrogens (tertiary/aromatic N) is 3. The molecule has 2 aliphatic rings. The van der Waals surface area contributed by atoms with E-state index in [1.807, 2.05) is 11.8 Å². The third-order valence-corrected chi connectivity index (χ3v) is 9.11. The smallest absolute Gasteiger partial charge is 0.145 e. The number of fused-ring (bicyclic) bond motifs is 4. The second-order valence-electron chi connectivity index (χ2n) is 10.5. The van der Waals surface area contributed by atoms with Crippen molar-refractivity contribution in [1.29, 1.82) is 0 Å². The van der Waals surface area contributed by atoms with Crippen LogP contribution in [-0.2, 0) is 5.41 Å².